The van der Waals surface area contributed by atoms with Crippen molar-refractivity contribution in [3.8, 4) is 0 Å². The van der Waals surface area contributed by atoms with Gasteiger partial charge in [0, 0.05) is 18.3 Å². The van der Waals surface area contributed by atoms with Crippen molar-refractivity contribution >= 4 is 19.2 Å². The molecule has 0 aliphatic heterocycles. The van der Waals surface area contributed by atoms with E-state index < -0.39 is 8.32 Å². The Labute approximate surface area is 117 Å². The number of fused-ring (bicyclic) bond motifs is 1. The second-order valence-corrected chi connectivity index (χ2v) is 11.6. The maximum absolute atomic E-state index is 6.22. The summed E-state index contributed by atoms with van der Waals surface area (Å²) in [7, 11) is -1.61. The highest BCUT2D eigenvalue weighted by Gasteiger charge is 2.36. The standard InChI is InChI=1S/C16H25NOSi/c1-16(2,3)19(4,5)18-11-9-13-6-7-15-14(12-13)8-10-17-15/h6-8,10,12,17H,9,11H2,1-5H3. The van der Waals surface area contributed by atoms with E-state index in [4.69, 9.17) is 4.43 Å². The molecular weight excluding hydrogens is 250 g/mol. The molecule has 0 saturated carbocycles. The van der Waals surface area contributed by atoms with E-state index in [2.05, 4.69) is 63.1 Å². The van der Waals surface area contributed by atoms with Crippen LogP contribution in [0.5, 0.6) is 0 Å². The second kappa shape index (κ2) is 5.14. The van der Waals surface area contributed by atoms with E-state index in [1.165, 1.54) is 16.5 Å². The van der Waals surface area contributed by atoms with E-state index in [1.807, 2.05) is 6.20 Å². The molecule has 0 unspecified atom stereocenters. The van der Waals surface area contributed by atoms with E-state index in [0.717, 1.165) is 13.0 Å². The summed E-state index contributed by atoms with van der Waals surface area (Å²) in [6.45, 7) is 12.3. The Hall–Kier alpha value is -1.06. The van der Waals surface area contributed by atoms with Crippen LogP contribution in [0.25, 0.3) is 10.9 Å². The zero-order valence-corrected chi connectivity index (χ0v) is 13.7. The number of rotatable bonds is 4. The molecule has 0 bridgehead atoms. The SMILES string of the molecule is CC(C)(C)[Si](C)(C)OCCc1ccc2[nH]ccc2c1. The Kier molecular flexibility index (Phi) is 3.88. The van der Waals surface area contributed by atoms with Gasteiger partial charge < -0.3 is 9.41 Å². The molecule has 0 radical (unpaired) electrons. The first-order valence-electron chi connectivity index (χ1n) is 7.00. The minimum Gasteiger partial charge on any atom is -0.416 e. The van der Waals surface area contributed by atoms with Gasteiger partial charge in [0.2, 0.25) is 0 Å². The third-order valence-electron chi connectivity index (χ3n) is 4.28. The van der Waals surface area contributed by atoms with E-state index in [9.17, 15) is 0 Å². The minimum absolute atomic E-state index is 0.289. The van der Waals surface area contributed by atoms with Crippen molar-refractivity contribution in [2.24, 2.45) is 0 Å². The van der Waals surface area contributed by atoms with Crippen molar-refractivity contribution in [2.45, 2.75) is 45.3 Å². The maximum atomic E-state index is 6.22. The Bertz CT molecular complexity index is 551. The van der Waals surface area contributed by atoms with Crippen LogP contribution in [0.4, 0.5) is 0 Å². The molecule has 0 aliphatic carbocycles. The molecule has 2 aromatic rings. The molecule has 0 amide bonds. The summed E-state index contributed by atoms with van der Waals surface area (Å²) in [6, 6.07) is 8.71. The molecule has 1 aromatic carbocycles. The van der Waals surface area contributed by atoms with Gasteiger partial charge in [-0.15, -0.1) is 0 Å². The molecule has 2 rings (SSSR count). The van der Waals surface area contributed by atoms with Crippen molar-refractivity contribution in [1.29, 1.82) is 0 Å². The van der Waals surface area contributed by atoms with Gasteiger partial charge in [-0.2, -0.15) is 0 Å². The molecule has 0 spiro atoms. The average molecular weight is 275 g/mol. The van der Waals surface area contributed by atoms with Gasteiger partial charge in [-0.3, -0.25) is 0 Å². The fraction of sp³-hybridized carbons (Fsp3) is 0.500. The number of aromatic amines is 1. The molecule has 0 atom stereocenters. The number of H-pyrrole nitrogens is 1. The summed E-state index contributed by atoms with van der Waals surface area (Å²) in [6.07, 6.45) is 2.98. The van der Waals surface area contributed by atoms with Gasteiger partial charge in [0.25, 0.3) is 0 Å². The molecule has 0 fully saturated rings. The smallest absolute Gasteiger partial charge is 0.191 e. The van der Waals surface area contributed by atoms with Gasteiger partial charge in [-0.1, -0.05) is 26.8 Å². The van der Waals surface area contributed by atoms with Crippen molar-refractivity contribution in [2.75, 3.05) is 6.61 Å². The average Bonchev–Trinajstić information content (AvgIpc) is 2.74. The van der Waals surface area contributed by atoms with E-state index in [0.29, 0.717) is 0 Å². The zero-order chi connectivity index (χ0) is 14.1. The highest BCUT2D eigenvalue weighted by Crippen LogP contribution is 2.36. The lowest BCUT2D eigenvalue weighted by molar-refractivity contribution is 0.292. The van der Waals surface area contributed by atoms with Crippen LogP contribution in [-0.2, 0) is 10.8 Å². The van der Waals surface area contributed by atoms with Crippen LogP contribution >= 0.6 is 0 Å². The van der Waals surface area contributed by atoms with Crippen molar-refractivity contribution < 1.29 is 4.43 Å². The van der Waals surface area contributed by atoms with Gasteiger partial charge in [-0.05, 0) is 53.7 Å². The Morgan fingerprint density at radius 3 is 2.58 bits per heavy atom. The number of hydrogen-bond acceptors (Lipinski definition) is 1. The fourth-order valence-corrected chi connectivity index (χ4v) is 2.94. The normalized spacial score (nSPS) is 13.1. The van der Waals surface area contributed by atoms with E-state index >= 15 is 0 Å². The quantitative estimate of drug-likeness (QED) is 0.802. The molecular formula is C16H25NOSi. The summed E-state index contributed by atoms with van der Waals surface area (Å²) in [5.74, 6) is 0. The Morgan fingerprint density at radius 1 is 1.16 bits per heavy atom. The van der Waals surface area contributed by atoms with Gasteiger partial charge in [0.1, 0.15) is 0 Å². The molecule has 2 nitrogen and oxygen atoms in total. The molecule has 104 valence electrons. The number of hydrogen-bond donors (Lipinski definition) is 1. The summed E-state index contributed by atoms with van der Waals surface area (Å²) in [5, 5.41) is 1.57. The molecule has 1 heterocycles. The minimum atomic E-state index is -1.61. The largest absolute Gasteiger partial charge is 0.416 e. The van der Waals surface area contributed by atoms with E-state index in [1.54, 1.807) is 0 Å². The Balaban J connectivity index is 1.95. The molecule has 1 N–H and O–H groups in total. The third-order valence-corrected chi connectivity index (χ3v) is 8.82. The first-order chi connectivity index (χ1) is 8.79. The Morgan fingerprint density at radius 2 is 1.89 bits per heavy atom. The molecule has 3 heteroatoms. The number of benzene rings is 1. The number of nitrogens with one attached hydrogen (secondary N) is 1. The first-order valence-corrected chi connectivity index (χ1v) is 9.90. The summed E-state index contributed by atoms with van der Waals surface area (Å²) < 4.78 is 6.22. The fourth-order valence-electron chi connectivity index (χ4n) is 1.90. The molecule has 0 aliphatic rings. The zero-order valence-electron chi connectivity index (χ0n) is 12.7. The van der Waals surface area contributed by atoms with Crippen LogP contribution in [-0.4, -0.2) is 19.9 Å². The lowest BCUT2D eigenvalue weighted by Gasteiger charge is -2.36. The van der Waals surface area contributed by atoms with Gasteiger partial charge in [0.15, 0.2) is 8.32 Å². The van der Waals surface area contributed by atoms with Crippen LogP contribution in [0.1, 0.15) is 26.3 Å². The van der Waals surface area contributed by atoms with Gasteiger partial charge in [-0.25, -0.2) is 0 Å². The lowest BCUT2D eigenvalue weighted by Crippen LogP contribution is -2.41. The predicted molar refractivity (Wildman–Crippen MR) is 85.2 cm³/mol. The maximum Gasteiger partial charge on any atom is 0.191 e. The molecule has 0 saturated heterocycles. The molecule has 19 heavy (non-hydrogen) atoms. The van der Waals surface area contributed by atoms with Crippen LogP contribution < -0.4 is 0 Å². The summed E-state index contributed by atoms with van der Waals surface area (Å²) in [4.78, 5) is 3.22. The highest BCUT2D eigenvalue weighted by molar-refractivity contribution is 6.74. The first kappa shape index (κ1) is 14.3. The topological polar surface area (TPSA) is 25.0 Å². The highest BCUT2D eigenvalue weighted by atomic mass is 28.4. The van der Waals surface area contributed by atoms with Crippen LogP contribution in [0, 0.1) is 0 Å². The summed E-state index contributed by atoms with van der Waals surface area (Å²) in [5.41, 5.74) is 2.56. The number of aromatic nitrogens is 1. The van der Waals surface area contributed by atoms with Crippen molar-refractivity contribution in [1.82, 2.24) is 4.98 Å². The monoisotopic (exact) mass is 275 g/mol. The predicted octanol–water partition coefficient (Wildman–Crippen LogP) is 4.73. The van der Waals surface area contributed by atoms with E-state index in [-0.39, 0.29) is 5.04 Å². The lowest BCUT2D eigenvalue weighted by atomic mass is 10.1. The third kappa shape index (κ3) is 3.28. The van der Waals surface area contributed by atoms with Gasteiger partial charge in [0.05, 0.1) is 0 Å². The second-order valence-electron chi connectivity index (χ2n) is 6.76. The van der Waals surface area contributed by atoms with Crippen LogP contribution in [0.3, 0.4) is 0 Å². The van der Waals surface area contributed by atoms with Crippen molar-refractivity contribution in [3.63, 3.8) is 0 Å². The molecule has 1 aromatic heterocycles. The van der Waals surface area contributed by atoms with Crippen LogP contribution in [0.2, 0.25) is 18.1 Å². The van der Waals surface area contributed by atoms with Gasteiger partial charge >= 0.3 is 0 Å². The summed E-state index contributed by atoms with van der Waals surface area (Å²) >= 11 is 0. The van der Waals surface area contributed by atoms with Crippen LogP contribution in [0.15, 0.2) is 30.5 Å². The van der Waals surface area contributed by atoms with Crippen molar-refractivity contribution in [3.05, 3.63) is 36.0 Å².